The van der Waals surface area contributed by atoms with Gasteiger partial charge in [0.25, 0.3) is 0 Å². The van der Waals surface area contributed by atoms with Crippen LogP contribution in [0, 0.1) is 24.1 Å². The molecule has 1 heterocycles. The Kier molecular flexibility index (Phi) is 4.95. The van der Waals surface area contributed by atoms with Gasteiger partial charge in [-0.25, -0.2) is 9.18 Å². The molecule has 0 aliphatic carbocycles. The summed E-state index contributed by atoms with van der Waals surface area (Å²) < 4.78 is 19.3. The van der Waals surface area contributed by atoms with Gasteiger partial charge in [-0.05, 0) is 25.1 Å². The second kappa shape index (κ2) is 7.34. The zero-order valence-corrected chi connectivity index (χ0v) is 14.9. The standard InChI is InChI=1S/C21H18FN3O2/c1-13-7-9-14(10-8-13)25-12-17(21(26)27-2)19(16(11-23)20(25)24)15-5-3-4-6-18(15)22/h3-10,12,19H,24H2,1-2H3. The van der Waals surface area contributed by atoms with Gasteiger partial charge in [0.2, 0.25) is 0 Å². The van der Waals surface area contributed by atoms with Crippen molar-refractivity contribution in [2.45, 2.75) is 12.8 Å². The van der Waals surface area contributed by atoms with E-state index in [2.05, 4.69) is 0 Å². The highest BCUT2D eigenvalue weighted by Gasteiger charge is 2.36. The first-order valence-corrected chi connectivity index (χ1v) is 8.28. The summed E-state index contributed by atoms with van der Waals surface area (Å²) >= 11 is 0. The van der Waals surface area contributed by atoms with E-state index in [-0.39, 0.29) is 22.5 Å². The van der Waals surface area contributed by atoms with Crippen molar-refractivity contribution in [3.63, 3.8) is 0 Å². The Morgan fingerprint density at radius 2 is 1.89 bits per heavy atom. The van der Waals surface area contributed by atoms with Gasteiger partial charge in [0, 0.05) is 17.5 Å². The normalized spacial score (nSPS) is 16.6. The molecule has 0 spiro atoms. The highest BCUT2D eigenvalue weighted by atomic mass is 19.1. The molecule has 0 bridgehead atoms. The number of ether oxygens (including phenoxy) is 1. The number of nitrogens with two attached hydrogens (primary N) is 1. The Morgan fingerprint density at radius 3 is 2.48 bits per heavy atom. The lowest BCUT2D eigenvalue weighted by Crippen LogP contribution is -2.33. The molecule has 0 saturated carbocycles. The van der Waals surface area contributed by atoms with Crippen molar-refractivity contribution >= 4 is 11.7 Å². The lowest BCUT2D eigenvalue weighted by atomic mass is 9.83. The molecule has 5 nitrogen and oxygen atoms in total. The molecule has 1 atom stereocenters. The molecule has 1 unspecified atom stereocenters. The van der Waals surface area contributed by atoms with Crippen LogP contribution >= 0.6 is 0 Å². The molecule has 0 saturated heterocycles. The first kappa shape index (κ1) is 18.2. The van der Waals surface area contributed by atoms with Crippen LogP contribution < -0.4 is 10.6 Å². The van der Waals surface area contributed by atoms with Crippen molar-refractivity contribution in [3.8, 4) is 6.07 Å². The first-order valence-electron chi connectivity index (χ1n) is 8.28. The van der Waals surface area contributed by atoms with Crippen LogP contribution in [0.5, 0.6) is 0 Å². The summed E-state index contributed by atoms with van der Waals surface area (Å²) in [5.41, 5.74) is 8.40. The van der Waals surface area contributed by atoms with Crippen molar-refractivity contribution in [1.29, 1.82) is 5.26 Å². The van der Waals surface area contributed by atoms with Crippen LogP contribution in [-0.4, -0.2) is 13.1 Å². The summed E-state index contributed by atoms with van der Waals surface area (Å²) in [6.07, 6.45) is 1.50. The number of rotatable bonds is 3. The van der Waals surface area contributed by atoms with E-state index in [1.165, 1.54) is 25.4 Å². The van der Waals surface area contributed by atoms with Gasteiger partial charge in [-0.1, -0.05) is 35.9 Å². The van der Waals surface area contributed by atoms with Gasteiger partial charge in [-0.15, -0.1) is 0 Å². The topological polar surface area (TPSA) is 79.3 Å². The van der Waals surface area contributed by atoms with E-state index < -0.39 is 17.7 Å². The molecule has 3 rings (SSSR count). The summed E-state index contributed by atoms with van der Waals surface area (Å²) in [5, 5.41) is 9.75. The van der Waals surface area contributed by atoms with Gasteiger partial charge in [-0.3, -0.25) is 0 Å². The van der Waals surface area contributed by atoms with Crippen LogP contribution in [-0.2, 0) is 9.53 Å². The maximum absolute atomic E-state index is 14.5. The fourth-order valence-electron chi connectivity index (χ4n) is 3.08. The number of halogens is 1. The van der Waals surface area contributed by atoms with Gasteiger partial charge in [0.15, 0.2) is 0 Å². The van der Waals surface area contributed by atoms with Gasteiger partial charge < -0.3 is 15.4 Å². The van der Waals surface area contributed by atoms with Gasteiger partial charge in [-0.2, -0.15) is 5.26 Å². The summed E-state index contributed by atoms with van der Waals surface area (Å²) in [6, 6.07) is 15.5. The molecule has 2 aromatic rings. The quantitative estimate of drug-likeness (QED) is 0.845. The van der Waals surface area contributed by atoms with E-state index in [4.69, 9.17) is 10.5 Å². The van der Waals surface area contributed by atoms with E-state index >= 15 is 0 Å². The maximum atomic E-state index is 14.5. The average molecular weight is 363 g/mol. The zero-order valence-electron chi connectivity index (χ0n) is 14.9. The number of hydrogen-bond acceptors (Lipinski definition) is 5. The van der Waals surface area contributed by atoms with E-state index in [9.17, 15) is 14.4 Å². The Labute approximate surface area is 156 Å². The summed E-state index contributed by atoms with van der Waals surface area (Å²) in [4.78, 5) is 14.0. The minimum absolute atomic E-state index is 0.0866. The second-order valence-corrected chi connectivity index (χ2v) is 6.15. The number of hydrogen-bond donors (Lipinski definition) is 1. The molecule has 27 heavy (non-hydrogen) atoms. The van der Waals surface area contributed by atoms with E-state index in [1.54, 1.807) is 17.0 Å². The summed E-state index contributed by atoms with van der Waals surface area (Å²) in [7, 11) is 1.24. The van der Waals surface area contributed by atoms with Gasteiger partial charge in [0.05, 0.1) is 30.2 Å². The monoisotopic (exact) mass is 363 g/mol. The number of esters is 1. The molecule has 1 aliphatic heterocycles. The molecule has 1 aliphatic rings. The number of carbonyl (C=O) groups excluding carboxylic acids is 1. The van der Waals surface area contributed by atoms with Crippen LogP contribution in [0.3, 0.4) is 0 Å². The third-order valence-corrected chi connectivity index (χ3v) is 4.47. The van der Waals surface area contributed by atoms with Crippen LogP contribution in [0.1, 0.15) is 17.0 Å². The highest BCUT2D eigenvalue weighted by Crippen LogP contribution is 2.40. The Bertz CT molecular complexity index is 987. The molecular formula is C21H18FN3O2. The summed E-state index contributed by atoms with van der Waals surface area (Å²) in [5.74, 6) is -1.98. The molecule has 0 fully saturated rings. The number of allylic oxidation sites excluding steroid dienone is 1. The van der Waals surface area contributed by atoms with E-state index in [1.807, 2.05) is 37.3 Å². The minimum atomic E-state index is -0.939. The van der Waals surface area contributed by atoms with E-state index in [0.717, 1.165) is 5.56 Å². The van der Waals surface area contributed by atoms with E-state index in [0.29, 0.717) is 5.69 Å². The van der Waals surface area contributed by atoms with Crippen LogP contribution in [0.25, 0.3) is 0 Å². The lowest BCUT2D eigenvalue weighted by Gasteiger charge is -2.32. The zero-order chi connectivity index (χ0) is 19.6. The largest absolute Gasteiger partial charge is 0.466 e. The molecule has 0 aromatic heterocycles. The molecule has 2 N–H and O–H groups in total. The maximum Gasteiger partial charge on any atom is 0.336 e. The lowest BCUT2D eigenvalue weighted by molar-refractivity contribution is -0.136. The molecular weight excluding hydrogens is 345 g/mol. The van der Waals surface area contributed by atoms with Crippen molar-refractivity contribution in [2.75, 3.05) is 12.0 Å². The van der Waals surface area contributed by atoms with Crippen LogP contribution in [0.15, 0.2) is 71.7 Å². The number of nitriles is 1. The molecule has 2 aromatic carbocycles. The van der Waals surface area contributed by atoms with Crippen molar-refractivity contribution in [1.82, 2.24) is 0 Å². The third-order valence-electron chi connectivity index (χ3n) is 4.47. The molecule has 136 valence electrons. The highest BCUT2D eigenvalue weighted by molar-refractivity contribution is 5.93. The van der Waals surface area contributed by atoms with Crippen molar-refractivity contribution in [3.05, 3.63) is 88.6 Å². The average Bonchev–Trinajstić information content (AvgIpc) is 2.68. The van der Waals surface area contributed by atoms with Gasteiger partial charge >= 0.3 is 5.97 Å². The number of carbonyl (C=O) groups is 1. The summed E-state index contributed by atoms with van der Waals surface area (Å²) in [6.45, 7) is 1.95. The number of nitrogens with zero attached hydrogens (tertiary/aromatic N) is 2. The second-order valence-electron chi connectivity index (χ2n) is 6.15. The Hall–Kier alpha value is -3.59. The smallest absolute Gasteiger partial charge is 0.336 e. The van der Waals surface area contributed by atoms with Gasteiger partial charge in [0.1, 0.15) is 11.6 Å². The fraction of sp³-hybridized carbons (Fsp3) is 0.143. The molecule has 6 heteroatoms. The molecule has 0 amide bonds. The third kappa shape index (κ3) is 3.27. The van der Waals surface area contributed by atoms with Crippen molar-refractivity contribution in [2.24, 2.45) is 5.73 Å². The molecule has 0 radical (unpaired) electrons. The SMILES string of the molecule is COC(=O)C1=CN(c2ccc(C)cc2)C(N)=C(C#N)C1c1ccccc1F. The predicted octanol–water partition coefficient (Wildman–Crippen LogP) is 3.49. The van der Waals surface area contributed by atoms with Crippen LogP contribution in [0.4, 0.5) is 10.1 Å². The predicted molar refractivity (Wildman–Crippen MR) is 99.7 cm³/mol. The number of aryl methyl sites for hydroxylation is 1. The Balaban J connectivity index is 2.22. The number of anilines is 1. The number of benzene rings is 2. The minimum Gasteiger partial charge on any atom is -0.466 e. The number of methoxy groups -OCH3 is 1. The fourth-order valence-corrected chi connectivity index (χ4v) is 3.08. The van der Waals surface area contributed by atoms with Crippen molar-refractivity contribution < 1.29 is 13.9 Å². The Morgan fingerprint density at radius 1 is 1.22 bits per heavy atom. The first-order chi connectivity index (χ1) is 13.0. The van der Waals surface area contributed by atoms with Crippen LogP contribution in [0.2, 0.25) is 0 Å².